The number of halogens is 1. The smallest absolute Gasteiger partial charge is 0.141 e. The van der Waals surface area contributed by atoms with Crippen molar-refractivity contribution in [1.82, 2.24) is 9.55 Å². The van der Waals surface area contributed by atoms with Gasteiger partial charge in [0.05, 0.1) is 19.1 Å². The lowest BCUT2D eigenvalue weighted by molar-refractivity contribution is 0.940. The van der Waals surface area contributed by atoms with Gasteiger partial charge in [-0.1, -0.05) is 59.8 Å². The summed E-state index contributed by atoms with van der Waals surface area (Å²) in [5.41, 5.74) is 3.68. The lowest BCUT2D eigenvalue weighted by Gasteiger charge is -2.25. The Bertz CT molecular complexity index is 1030. The number of aromatic nitrogens is 2. The first kappa shape index (κ1) is 14.9. The molecule has 23 heavy (non-hydrogen) atoms. The highest BCUT2D eigenvalue weighted by molar-refractivity contribution is 9.10. The van der Waals surface area contributed by atoms with E-state index in [1.54, 1.807) is 0 Å². The van der Waals surface area contributed by atoms with Crippen molar-refractivity contribution in [3.05, 3.63) is 46.9 Å². The maximum Gasteiger partial charge on any atom is 0.141 e. The van der Waals surface area contributed by atoms with E-state index in [1.807, 2.05) is 0 Å². The van der Waals surface area contributed by atoms with Crippen LogP contribution in [-0.4, -0.2) is 17.6 Å². The van der Waals surface area contributed by atoms with E-state index in [2.05, 4.69) is 89.7 Å². The SMILES string of the molecule is Cn1c2nc3ccccc3c-2c([Si](C)(C)C)c2ccc(Br)cc21. The fourth-order valence-electron chi connectivity index (χ4n) is 3.58. The van der Waals surface area contributed by atoms with E-state index in [-0.39, 0.29) is 0 Å². The van der Waals surface area contributed by atoms with Gasteiger partial charge in [0.15, 0.2) is 0 Å². The Kier molecular flexibility index (Phi) is 3.19. The molecule has 0 aromatic heterocycles. The van der Waals surface area contributed by atoms with Crippen LogP contribution >= 0.6 is 15.9 Å². The van der Waals surface area contributed by atoms with Gasteiger partial charge in [-0.05, 0) is 28.8 Å². The summed E-state index contributed by atoms with van der Waals surface area (Å²) in [6.45, 7) is 7.26. The van der Waals surface area contributed by atoms with Crippen LogP contribution in [0.2, 0.25) is 19.6 Å². The summed E-state index contributed by atoms with van der Waals surface area (Å²) in [6.07, 6.45) is 0. The molecule has 2 aromatic rings. The Morgan fingerprint density at radius 1 is 1.00 bits per heavy atom. The Morgan fingerprint density at radius 3 is 2.48 bits per heavy atom. The number of hydrogen-bond acceptors (Lipinski definition) is 1. The van der Waals surface area contributed by atoms with Crippen molar-refractivity contribution in [2.45, 2.75) is 19.6 Å². The maximum absolute atomic E-state index is 4.94. The van der Waals surface area contributed by atoms with Gasteiger partial charge in [0.2, 0.25) is 0 Å². The van der Waals surface area contributed by atoms with E-state index >= 15 is 0 Å². The minimum Gasteiger partial charge on any atom is -0.328 e. The van der Waals surface area contributed by atoms with E-state index < -0.39 is 8.07 Å². The monoisotopic (exact) mass is 382 g/mol. The van der Waals surface area contributed by atoms with E-state index in [9.17, 15) is 0 Å². The van der Waals surface area contributed by atoms with Crippen molar-refractivity contribution in [2.24, 2.45) is 7.05 Å². The summed E-state index contributed by atoms with van der Waals surface area (Å²) < 4.78 is 3.34. The second-order valence-electron chi connectivity index (χ2n) is 7.17. The Balaban J connectivity index is 2.35. The lowest BCUT2D eigenvalue weighted by Crippen LogP contribution is -2.40. The molecule has 0 atom stereocenters. The molecule has 2 nitrogen and oxygen atoms in total. The van der Waals surface area contributed by atoms with Crippen LogP contribution < -0.4 is 5.19 Å². The summed E-state index contributed by atoms with van der Waals surface area (Å²) >= 11 is 3.62. The summed E-state index contributed by atoms with van der Waals surface area (Å²) in [6, 6.07) is 15.1. The molecule has 0 amide bonds. The van der Waals surface area contributed by atoms with Gasteiger partial charge in [-0.2, -0.15) is 0 Å². The molecule has 0 aliphatic carbocycles. The van der Waals surface area contributed by atoms with E-state index in [4.69, 9.17) is 4.98 Å². The minimum absolute atomic E-state index is 1.09. The highest BCUT2D eigenvalue weighted by atomic mass is 79.9. The van der Waals surface area contributed by atoms with Crippen LogP contribution in [0, 0.1) is 0 Å². The summed E-state index contributed by atoms with van der Waals surface area (Å²) in [5, 5.41) is 4.16. The van der Waals surface area contributed by atoms with Crippen LogP contribution in [0.1, 0.15) is 0 Å². The molecule has 0 unspecified atom stereocenters. The van der Waals surface area contributed by atoms with E-state index in [0.717, 1.165) is 15.8 Å². The molecule has 4 rings (SSSR count). The van der Waals surface area contributed by atoms with Gasteiger partial charge in [0.25, 0.3) is 0 Å². The highest BCUT2D eigenvalue weighted by Crippen LogP contribution is 2.35. The third-order valence-electron chi connectivity index (χ3n) is 4.53. The number of benzene rings is 2. The molecule has 0 radical (unpaired) electrons. The molecule has 2 aliphatic heterocycles. The molecule has 0 saturated heterocycles. The van der Waals surface area contributed by atoms with Gasteiger partial charge < -0.3 is 4.57 Å². The first-order valence-corrected chi connectivity index (χ1v) is 12.1. The fourth-order valence-corrected chi connectivity index (χ4v) is 5.95. The quantitative estimate of drug-likeness (QED) is 0.416. The zero-order valence-electron chi connectivity index (χ0n) is 13.8. The zero-order valence-corrected chi connectivity index (χ0v) is 16.4. The maximum atomic E-state index is 4.94. The second-order valence-corrected chi connectivity index (χ2v) is 13.1. The van der Waals surface area contributed by atoms with Gasteiger partial charge >= 0.3 is 0 Å². The number of rotatable bonds is 1. The van der Waals surface area contributed by atoms with Crippen molar-refractivity contribution in [3.8, 4) is 11.4 Å². The lowest BCUT2D eigenvalue weighted by atomic mass is 10.1. The molecule has 2 aliphatic rings. The Morgan fingerprint density at radius 2 is 1.74 bits per heavy atom. The predicted octanol–water partition coefficient (Wildman–Crippen LogP) is 5.14. The number of pyridine rings is 1. The van der Waals surface area contributed by atoms with Crippen LogP contribution in [0.25, 0.3) is 33.2 Å². The third kappa shape index (κ3) is 2.16. The average molecular weight is 383 g/mol. The second kappa shape index (κ2) is 4.92. The normalized spacial score (nSPS) is 12.6. The summed E-state index contributed by atoms with van der Waals surface area (Å²) in [5.74, 6) is 1.09. The molecule has 2 aromatic carbocycles. The number of nitrogens with zero attached hydrogens (tertiary/aromatic N) is 2. The molecular formula is C19H19BrN2Si. The zero-order chi connectivity index (χ0) is 16.4. The van der Waals surface area contributed by atoms with Crippen molar-refractivity contribution in [1.29, 1.82) is 0 Å². The Labute approximate surface area is 145 Å². The molecule has 2 heterocycles. The molecule has 0 N–H and O–H groups in total. The molecule has 4 heteroatoms. The molecule has 0 fully saturated rings. The Hall–Kier alpha value is -1.65. The highest BCUT2D eigenvalue weighted by Gasteiger charge is 2.29. The third-order valence-corrected chi connectivity index (χ3v) is 7.04. The van der Waals surface area contributed by atoms with E-state index in [0.29, 0.717) is 0 Å². The van der Waals surface area contributed by atoms with Gasteiger partial charge in [-0.25, -0.2) is 4.98 Å². The molecule has 0 spiro atoms. The number of aryl methyl sites for hydroxylation is 1. The summed E-state index contributed by atoms with van der Waals surface area (Å²) in [4.78, 5) is 4.94. The van der Waals surface area contributed by atoms with Gasteiger partial charge in [-0.15, -0.1) is 0 Å². The predicted molar refractivity (Wildman–Crippen MR) is 106 cm³/mol. The first-order chi connectivity index (χ1) is 10.9. The van der Waals surface area contributed by atoms with Crippen LogP contribution in [-0.2, 0) is 7.05 Å². The van der Waals surface area contributed by atoms with Crippen molar-refractivity contribution < 1.29 is 0 Å². The molecule has 0 saturated carbocycles. The topological polar surface area (TPSA) is 17.8 Å². The molecule has 116 valence electrons. The van der Waals surface area contributed by atoms with E-state index in [1.165, 1.54) is 27.0 Å². The molecule has 0 bridgehead atoms. The van der Waals surface area contributed by atoms with Crippen LogP contribution in [0.4, 0.5) is 0 Å². The fraction of sp³-hybridized carbons (Fsp3) is 0.211. The number of hydrogen-bond donors (Lipinski definition) is 0. The number of para-hydroxylation sites is 1. The van der Waals surface area contributed by atoms with Crippen molar-refractivity contribution >= 4 is 51.0 Å². The standard InChI is InChI=1S/C19H19BrN2Si/c1-22-16-11-12(20)9-10-14(16)18(23(2,3)4)17-13-7-5-6-8-15(13)21-19(17)22/h5-11H,1-4H3. The van der Waals surface area contributed by atoms with Crippen molar-refractivity contribution in [3.63, 3.8) is 0 Å². The van der Waals surface area contributed by atoms with Crippen LogP contribution in [0.15, 0.2) is 46.9 Å². The summed E-state index contributed by atoms with van der Waals surface area (Å²) in [7, 11) is 0.570. The minimum atomic E-state index is -1.55. The van der Waals surface area contributed by atoms with Gasteiger partial charge in [-0.3, -0.25) is 0 Å². The molecular weight excluding hydrogens is 364 g/mol. The largest absolute Gasteiger partial charge is 0.328 e. The first-order valence-electron chi connectivity index (χ1n) is 7.85. The van der Waals surface area contributed by atoms with Gasteiger partial charge in [0.1, 0.15) is 5.82 Å². The van der Waals surface area contributed by atoms with Crippen LogP contribution in [0.3, 0.4) is 0 Å². The van der Waals surface area contributed by atoms with Gasteiger partial charge in [0, 0.05) is 22.5 Å². The van der Waals surface area contributed by atoms with Crippen molar-refractivity contribution in [2.75, 3.05) is 0 Å². The average Bonchev–Trinajstić information content (AvgIpc) is 2.86. The van der Waals surface area contributed by atoms with Crippen LogP contribution in [0.5, 0.6) is 0 Å². The number of fused-ring (bicyclic) bond motifs is 4.